The summed E-state index contributed by atoms with van der Waals surface area (Å²) in [7, 11) is 0. The molecule has 1 aliphatic rings. The zero-order valence-electron chi connectivity index (χ0n) is 8.37. The van der Waals surface area contributed by atoms with E-state index in [1.165, 1.54) is 0 Å². The van der Waals surface area contributed by atoms with Crippen LogP contribution in [0.1, 0.15) is 5.56 Å². The van der Waals surface area contributed by atoms with Gasteiger partial charge in [-0.2, -0.15) is 0 Å². The number of nitro benzene ring substituents is 1. The van der Waals surface area contributed by atoms with Crippen LogP contribution in [0.25, 0.3) is 0 Å². The topological polar surface area (TPSA) is 55.2 Å². The number of nitrogens with one attached hydrogen (secondary N) is 1. The lowest BCUT2D eigenvalue weighted by molar-refractivity contribution is -0.385. The molecule has 1 N–H and O–H groups in total. The van der Waals surface area contributed by atoms with Gasteiger partial charge in [0.2, 0.25) is 0 Å². The second kappa shape index (κ2) is 4.13. The molecule has 0 amide bonds. The molecule has 6 heteroatoms. The van der Waals surface area contributed by atoms with Gasteiger partial charge in [0.05, 0.1) is 11.0 Å². The predicted molar refractivity (Wildman–Crippen MR) is 53.1 cm³/mol. The van der Waals surface area contributed by atoms with Crippen LogP contribution in [0, 0.1) is 27.7 Å². The minimum absolute atomic E-state index is 0.260. The molecule has 1 aliphatic heterocycles. The van der Waals surface area contributed by atoms with E-state index in [1.54, 1.807) is 0 Å². The van der Waals surface area contributed by atoms with E-state index in [4.69, 9.17) is 0 Å². The van der Waals surface area contributed by atoms with Crippen molar-refractivity contribution in [3.8, 4) is 0 Å². The molecule has 0 aliphatic carbocycles. The van der Waals surface area contributed by atoms with Gasteiger partial charge in [0, 0.05) is 5.56 Å². The van der Waals surface area contributed by atoms with Crippen molar-refractivity contribution in [1.82, 2.24) is 5.32 Å². The molecule has 0 aromatic heterocycles. The van der Waals surface area contributed by atoms with Gasteiger partial charge in [0.25, 0.3) is 5.69 Å². The first kappa shape index (κ1) is 10.9. The fourth-order valence-electron chi connectivity index (χ4n) is 1.71. The third-order valence-corrected chi connectivity index (χ3v) is 2.69. The van der Waals surface area contributed by atoms with E-state index in [0.717, 1.165) is 19.2 Å². The maximum absolute atomic E-state index is 13.0. The van der Waals surface area contributed by atoms with E-state index in [1.807, 2.05) is 0 Å². The van der Waals surface area contributed by atoms with Crippen LogP contribution in [0.2, 0.25) is 0 Å². The maximum Gasteiger partial charge on any atom is 0.275 e. The third kappa shape index (κ3) is 2.01. The molecule has 2 rings (SSSR count). The van der Waals surface area contributed by atoms with Gasteiger partial charge in [0.15, 0.2) is 11.6 Å². The molecule has 16 heavy (non-hydrogen) atoms. The Kier molecular flexibility index (Phi) is 2.82. The minimum Gasteiger partial charge on any atom is -0.316 e. The van der Waals surface area contributed by atoms with E-state index in [0.29, 0.717) is 12.5 Å². The van der Waals surface area contributed by atoms with Crippen molar-refractivity contribution in [3.05, 3.63) is 39.4 Å². The first-order chi connectivity index (χ1) is 7.58. The lowest BCUT2D eigenvalue weighted by Crippen LogP contribution is -2.43. The van der Waals surface area contributed by atoms with E-state index in [9.17, 15) is 18.9 Å². The zero-order chi connectivity index (χ0) is 11.7. The molecule has 0 atom stereocenters. The van der Waals surface area contributed by atoms with Crippen molar-refractivity contribution < 1.29 is 13.7 Å². The second-order valence-electron chi connectivity index (χ2n) is 3.88. The molecular formula is C10H10F2N2O2. The molecule has 1 aromatic carbocycles. The molecule has 1 aromatic rings. The summed E-state index contributed by atoms with van der Waals surface area (Å²) in [6.07, 6.45) is 0.403. The molecule has 1 heterocycles. The summed E-state index contributed by atoms with van der Waals surface area (Å²) in [6.45, 7) is 1.52. The molecule has 1 fully saturated rings. The van der Waals surface area contributed by atoms with Gasteiger partial charge in [-0.25, -0.2) is 8.78 Å². The first-order valence-electron chi connectivity index (χ1n) is 4.91. The van der Waals surface area contributed by atoms with Gasteiger partial charge in [-0.3, -0.25) is 10.1 Å². The Bertz CT molecular complexity index is 433. The standard InChI is InChI=1S/C10H10F2N2O2/c11-8-2-7(1-6-4-13-5-6)10(14(15)16)3-9(8)12/h2-3,6,13H,1,4-5H2. The third-order valence-electron chi connectivity index (χ3n) is 2.69. The first-order valence-corrected chi connectivity index (χ1v) is 4.91. The summed E-state index contributed by atoms with van der Waals surface area (Å²) in [4.78, 5) is 10.00. The Morgan fingerprint density at radius 3 is 2.50 bits per heavy atom. The summed E-state index contributed by atoms with van der Waals surface area (Å²) < 4.78 is 25.8. The van der Waals surface area contributed by atoms with Crippen LogP contribution >= 0.6 is 0 Å². The highest BCUT2D eigenvalue weighted by Crippen LogP contribution is 2.25. The van der Waals surface area contributed by atoms with Crippen LogP contribution in [0.4, 0.5) is 14.5 Å². The molecule has 0 spiro atoms. The number of benzene rings is 1. The molecule has 86 valence electrons. The lowest BCUT2D eigenvalue weighted by atomic mass is 9.93. The molecule has 4 nitrogen and oxygen atoms in total. The van der Waals surface area contributed by atoms with Crippen molar-refractivity contribution in [1.29, 1.82) is 0 Å². The summed E-state index contributed by atoms with van der Waals surface area (Å²) in [6, 6.07) is 1.57. The van der Waals surface area contributed by atoms with Gasteiger partial charge in [-0.1, -0.05) is 0 Å². The average molecular weight is 228 g/mol. The van der Waals surface area contributed by atoms with Crippen molar-refractivity contribution in [2.45, 2.75) is 6.42 Å². The Morgan fingerprint density at radius 1 is 1.38 bits per heavy atom. The smallest absolute Gasteiger partial charge is 0.275 e. The number of nitrogens with zero attached hydrogens (tertiary/aromatic N) is 1. The predicted octanol–water partition coefficient (Wildman–Crippen LogP) is 1.63. The summed E-state index contributed by atoms with van der Waals surface area (Å²) >= 11 is 0. The molecule has 0 bridgehead atoms. The highest BCUT2D eigenvalue weighted by molar-refractivity contribution is 5.41. The quantitative estimate of drug-likeness (QED) is 0.632. The van der Waals surface area contributed by atoms with Crippen molar-refractivity contribution in [2.75, 3.05) is 13.1 Å². The highest BCUT2D eigenvalue weighted by atomic mass is 19.2. The number of halogens is 2. The molecule has 0 radical (unpaired) electrons. The summed E-state index contributed by atoms with van der Waals surface area (Å²) in [5.41, 5.74) is -0.0822. The van der Waals surface area contributed by atoms with Gasteiger partial charge in [-0.15, -0.1) is 0 Å². The van der Waals surface area contributed by atoms with Crippen LogP contribution < -0.4 is 5.32 Å². The van der Waals surface area contributed by atoms with Gasteiger partial charge < -0.3 is 5.32 Å². The van der Waals surface area contributed by atoms with Gasteiger partial charge >= 0.3 is 0 Å². The summed E-state index contributed by atoms with van der Waals surface area (Å²) in [5.74, 6) is -1.95. The van der Waals surface area contributed by atoms with Crippen molar-refractivity contribution in [3.63, 3.8) is 0 Å². The van der Waals surface area contributed by atoms with E-state index < -0.39 is 16.6 Å². The lowest BCUT2D eigenvalue weighted by Gasteiger charge is -2.26. The van der Waals surface area contributed by atoms with Crippen molar-refractivity contribution in [2.24, 2.45) is 5.92 Å². The number of hydrogen-bond acceptors (Lipinski definition) is 3. The second-order valence-corrected chi connectivity index (χ2v) is 3.88. The molecular weight excluding hydrogens is 218 g/mol. The minimum atomic E-state index is -1.18. The van der Waals surface area contributed by atoms with E-state index in [-0.39, 0.29) is 17.2 Å². The molecule has 0 unspecified atom stereocenters. The fraction of sp³-hybridized carbons (Fsp3) is 0.400. The fourth-order valence-corrected chi connectivity index (χ4v) is 1.71. The number of hydrogen-bond donors (Lipinski definition) is 1. The Morgan fingerprint density at radius 2 is 2.00 bits per heavy atom. The monoisotopic (exact) mass is 228 g/mol. The Hall–Kier alpha value is -1.56. The SMILES string of the molecule is O=[N+]([O-])c1cc(F)c(F)cc1CC1CNC1. The normalized spacial score (nSPS) is 15.9. The zero-order valence-corrected chi connectivity index (χ0v) is 8.37. The summed E-state index contributed by atoms with van der Waals surface area (Å²) in [5, 5.41) is 13.7. The molecule has 1 saturated heterocycles. The van der Waals surface area contributed by atoms with Crippen LogP contribution in [-0.2, 0) is 6.42 Å². The van der Waals surface area contributed by atoms with Crippen LogP contribution in [0.15, 0.2) is 12.1 Å². The number of nitro groups is 1. The number of rotatable bonds is 3. The Balaban J connectivity index is 2.32. The van der Waals surface area contributed by atoms with Crippen LogP contribution in [0.5, 0.6) is 0 Å². The van der Waals surface area contributed by atoms with Gasteiger partial charge in [0.1, 0.15) is 0 Å². The van der Waals surface area contributed by atoms with Gasteiger partial charge in [-0.05, 0) is 31.5 Å². The maximum atomic E-state index is 13.0. The highest BCUT2D eigenvalue weighted by Gasteiger charge is 2.24. The van der Waals surface area contributed by atoms with Crippen LogP contribution in [0.3, 0.4) is 0 Å². The van der Waals surface area contributed by atoms with E-state index in [2.05, 4.69) is 5.32 Å². The van der Waals surface area contributed by atoms with Crippen LogP contribution in [-0.4, -0.2) is 18.0 Å². The Labute approximate surface area is 90.4 Å². The van der Waals surface area contributed by atoms with E-state index >= 15 is 0 Å². The molecule has 0 saturated carbocycles. The average Bonchev–Trinajstić information content (AvgIpc) is 2.16. The van der Waals surface area contributed by atoms with Crippen molar-refractivity contribution >= 4 is 5.69 Å². The largest absolute Gasteiger partial charge is 0.316 e.